The fraction of sp³-hybridized carbons (Fsp3) is 0.111. The lowest BCUT2D eigenvalue weighted by Gasteiger charge is -1.91. The van der Waals surface area contributed by atoms with Crippen molar-refractivity contribution in [2.45, 2.75) is 6.92 Å². The average Bonchev–Trinajstić information content (AvgIpc) is 2.06. The topological polar surface area (TPSA) is 43.1 Å². The lowest BCUT2D eigenvalue weighted by atomic mass is 10.2. The number of allylic oxidation sites excluding steroid dienone is 1. The molecule has 0 aliphatic heterocycles. The van der Waals surface area contributed by atoms with Crippen molar-refractivity contribution < 1.29 is 4.92 Å². The maximum Gasteiger partial charge on any atom is 0.243 e. The van der Waals surface area contributed by atoms with Crippen LogP contribution >= 0.6 is 0 Å². The fourth-order valence-corrected chi connectivity index (χ4v) is 0.790. The van der Waals surface area contributed by atoms with E-state index in [9.17, 15) is 10.1 Å². The van der Waals surface area contributed by atoms with Crippen molar-refractivity contribution in [2.24, 2.45) is 0 Å². The zero-order chi connectivity index (χ0) is 8.97. The highest BCUT2D eigenvalue weighted by Crippen LogP contribution is 2.05. The molecule has 12 heavy (non-hydrogen) atoms. The van der Waals surface area contributed by atoms with Crippen LogP contribution < -0.4 is 0 Å². The molecule has 0 aliphatic carbocycles. The van der Waals surface area contributed by atoms with Gasteiger partial charge < -0.3 is 0 Å². The van der Waals surface area contributed by atoms with Crippen LogP contribution in [0.2, 0.25) is 0 Å². The molecule has 0 aromatic heterocycles. The first-order valence-electron chi connectivity index (χ1n) is 3.49. The molecule has 0 spiro atoms. The monoisotopic (exact) mass is 162 g/mol. The first-order valence-corrected chi connectivity index (χ1v) is 3.49. The zero-order valence-electron chi connectivity index (χ0n) is 6.65. The maximum atomic E-state index is 10.2. The molecule has 0 unspecified atom stereocenters. The predicted octanol–water partition coefficient (Wildman–Crippen LogP) is 2.12. The van der Waals surface area contributed by atoms with Gasteiger partial charge in [-0.05, 0) is 11.6 Å². The van der Waals surface area contributed by atoms with Crippen molar-refractivity contribution in [2.75, 3.05) is 0 Å². The number of rotatable bonds is 2. The van der Waals surface area contributed by atoms with Crippen LogP contribution in [0.5, 0.6) is 0 Å². The van der Waals surface area contributed by atoms with Crippen LogP contribution in [0.1, 0.15) is 12.5 Å². The van der Waals surface area contributed by atoms with E-state index in [2.05, 4.69) is 6.07 Å². The second kappa shape index (κ2) is 3.67. The summed E-state index contributed by atoms with van der Waals surface area (Å²) in [5, 5.41) is 10.2. The summed E-state index contributed by atoms with van der Waals surface area (Å²) in [6.07, 6.45) is 1.52. The Labute approximate surface area is 70.5 Å². The molecule has 0 saturated carbocycles. The second-order valence-electron chi connectivity index (χ2n) is 2.38. The first kappa shape index (κ1) is 8.46. The number of hydrogen-bond donors (Lipinski definition) is 0. The predicted molar refractivity (Wildman–Crippen MR) is 45.9 cm³/mol. The van der Waals surface area contributed by atoms with E-state index in [4.69, 9.17) is 0 Å². The Hall–Kier alpha value is -1.64. The summed E-state index contributed by atoms with van der Waals surface area (Å²) in [6.45, 7) is 1.47. The molecule has 0 N–H and O–H groups in total. The second-order valence-corrected chi connectivity index (χ2v) is 2.38. The van der Waals surface area contributed by atoms with Gasteiger partial charge in [0.2, 0.25) is 5.70 Å². The van der Waals surface area contributed by atoms with Crippen LogP contribution in [-0.2, 0) is 0 Å². The van der Waals surface area contributed by atoms with E-state index in [1.54, 1.807) is 24.3 Å². The number of nitrogens with zero attached hydrogens (tertiary/aromatic N) is 1. The van der Waals surface area contributed by atoms with Gasteiger partial charge in [0, 0.05) is 13.0 Å². The largest absolute Gasteiger partial charge is 0.259 e. The van der Waals surface area contributed by atoms with E-state index in [1.165, 1.54) is 13.0 Å². The molecule has 1 aromatic carbocycles. The molecule has 1 aromatic rings. The lowest BCUT2D eigenvalue weighted by Crippen LogP contribution is -1.92. The fourth-order valence-electron chi connectivity index (χ4n) is 0.790. The van der Waals surface area contributed by atoms with Gasteiger partial charge in [0.25, 0.3) is 0 Å². The standard InChI is InChI=1S/C9H8NO2/c1-8(10(11)12)7-9-5-3-2-4-6-9/h3-7H,1H3/b8-7+. The minimum Gasteiger partial charge on any atom is -0.259 e. The van der Waals surface area contributed by atoms with E-state index in [1.807, 2.05) is 0 Å². The minimum absolute atomic E-state index is 0.140. The molecule has 0 heterocycles. The quantitative estimate of drug-likeness (QED) is 0.493. The van der Waals surface area contributed by atoms with Crippen molar-refractivity contribution in [1.82, 2.24) is 0 Å². The molecule has 3 nitrogen and oxygen atoms in total. The third-order valence-electron chi connectivity index (χ3n) is 1.41. The van der Waals surface area contributed by atoms with Gasteiger partial charge in [-0.3, -0.25) is 10.1 Å². The van der Waals surface area contributed by atoms with Gasteiger partial charge in [0.05, 0.1) is 4.92 Å². The van der Waals surface area contributed by atoms with Crippen molar-refractivity contribution in [3.8, 4) is 0 Å². The summed E-state index contributed by atoms with van der Waals surface area (Å²) in [6, 6.07) is 9.82. The third kappa shape index (κ3) is 2.20. The summed E-state index contributed by atoms with van der Waals surface area (Å²) >= 11 is 0. The van der Waals surface area contributed by atoms with Gasteiger partial charge in [0.1, 0.15) is 0 Å². The normalized spacial score (nSPS) is 11.2. The molecule has 0 amide bonds. The number of nitro groups is 1. The van der Waals surface area contributed by atoms with Gasteiger partial charge in [0.15, 0.2) is 0 Å². The van der Waals surface area contributed by atoms with Crippen LogP contribution in [0.4, 0.5) is 0 Å². The summed E-state index contributed by atoms with van der Waals surface area (Å²) in [5.41, 5.74) is 0.962. The molecule has 0 atom stereocenters. The van der Waals surface area contributed by atoms with Gasteiger partial charge in [-0.15, -0.1) is 0 Å². The number of benzene rings is 1. The molecule has 0 aliphatic rings. The Morgan fingerprint density at radius 3 is 2.67 bits per heavy atom. The molecule has 3 heteroatoms. The molecule has 1 rings (SSSR count). The molecule has 61 valence electrons. The van der Waals surface area contributed by atoms with E-state index in [0.717, 1.165) is 5.56 Å². The van der Waals surface area contributed by atoms with Crippen molar-refractivity contribution in [3.05, 3.63) is 51.7 Å². The zero-order valence-corrected chi connectivity index (χ0v) is 6.65. The van der Waals surface area contributed by atoms with Gasteiger partial charge in [-0.25, -0.2) is 0 Å². The van der Waals surface area contributed by atoms with Gasteiger partial charge >= 0.3 is 0 Å². The Morgan fingerprint density at radius 1 is 1.58 bits per heavy atom. The van der Waals surface area contributed by atoms with Gasteiger partial charge in [-0.1, -0.05) is 24.3 Å². The van der Waals surface area contributed by atoms with Crippen molar-refractivity contribution in [1.29, 1.82) is 0 Å². The smallest absolute Gasteiger partial charge is 0.243 e. The Kier molecular flexibility index (Phi) is 2.58. The number of hydrogen-bond acceptors (Lipinski definition) is 2. The maximum absolute atomic E-state index is 10.2. The summed E-state index contributed by atoms with van der Waals surface area (Å²) in [5.74, 6) is 0. The highest BCUT2D eigenvalue weighted by molar-refractivity contribution is 5.49. The van der Waals surface area contributed by atoms with Crippen LogP contribution in [0, 0.1) is 16.2 Å². The first-order chi connectivity index (χ1) is 5.70. The minimum atomic E-state index is -0.406. The third-order valence-corrected chi connectivity index (χ3v) is 1.41. The molecular weight excluding hydrogens is 154 g/mol. The highest BCUT2D eigenvalue weighted by atomic mass is 16.6. The lowest BCUT2D eigenvalue weighted by molar-refractivity contribution is -0.422. The molecule has 1 radical (unpaired) electrons. The SMILES string of the molecule is C/C(=C\c1cc[c]cc1)[N+](=O)[O-]. The van der Waals surface area contributed by atoms with E-state index in [0.29, 0.717) is 0 Å². The highest BCUT2D eigenvalue weighted by Gasteiger charge is 2.00. The van der Waals surface area contributed by atoms with Crippen LogP contribution in [0.15, 0.2) is 30.0 Å². The molecule has 0 saturated heterocycles. The Bertz CT molecular complexity index is 304. The molecule has 0 bridgehead atoms. The molecular formula is C9H8NO2. The van der Waals surface area contributed by atoms with Gasteiger partial charge in [-0.2, -0.15) is 0 Å². The van der Waals surface area contributed by atoms with Crippen LogP contribution in [0.3, 0.4) is 0 Å². The summed E-state index contributed by atoms with van der Waals surface area (Å²) in [7, 11) is 0. The van der Waals surface area contributed by atoms with Crippen molar-refractivity contribution in [3.63, 3.8) is 0 Å². The molecule has 0 fully saturated rings. The Balaban J connectivity index is 2.89. The van der Waals surface area contributed by atoms with E-state index in [-0.39, 0.29) is 5.70 Å². The summed E-state index contributed by atoms with van der Waals surface area (Å²) < 4.78 is 0. The van der Waals surface area contributed by atoms with Crippen LogP contribution in [0.25, 0.3) is 6.08 Å². The summed E-state index contributed by atoms with van der Waals surface area (Å²) in [4.78, 5) is 9.83. The van der Waals surface area contributed by atoms with Crippen molar-refractivity contribution >= 4 is 6.08 Å². The average molecular weight is 162 g/mol. The van der Waals surface area contributed by atoms with Crippen LogP contribution in [-0.4, -0.2) is 4.92 Å². The Morgan fingerprint density at radius 2 is 2.17 bits per heavy atom. The van der Waals surface area contributed by atoms with E-state index >= 15 is 0 Å². The van der Waals surface area contributed by atoms with E-state index < -0.39 is 4.92 Å².